The number of benzene rings is 1. The molecule has 1 saturated heterocycles. The molecule has 0 bridgehead atoms. The van der Waals surface area contributed by atoms with E-state index in [2.05, 4.69) is 38.1 Å². The Labute approximate surface area is 229 Å². The van der Waals surface area contributed by atoms with E-state index in [0.717, 1.165) is 24.0 Å². The standard InChI is InChI=1S/C27H29N9O4/c1-3-4-12-34-23-24(32-26(34)33-11-7-8-17(29)14-33)35(16-22(37)40-2)27(39)36(25(23)38)15-21-30-19-10-6-5-9-18(19)20(13-28)31-21/h5-6,9-10,17,26,32H,7-8,11-12,14-16,29H2,1-2H3. The van der Waals surface area contributed by atoms with Crippen LogP contribution in [-0.2, 0) is 22.6 Å². The van der Waals surface area contributed by atoms with Crippen LogP contribution in [0.2, 0.25) is 0 Å². The van der Waals surface area contributed by atoms with Gasteiger partial charge in [-0.3, -0.25) is 23.6 Å². The third kappa shape index (κ3) is 4.88. The lowest BCUT2D eigenvalue weighted by molar-refractivity contribution is -0.141. The Bertz CT molecular complexity index is 1690. The van der Waals surface area contributed by atoms with E-state index in [1.807, 2.05) is 0 Å². The van der Waals surface area contributed by atoms with Gasteiger partial charge in [0.05, 0.1) is 25.7 Å². The topological polar surface area (TPSA) is 164 Å². The molecule has 2 aliphatic heterocycles. The zero-order chi connectivity index (χ0) is 28.4. The summed E-state index contributed by atoms with van der Waals surface area (Å²) >= 11 is 0. The summed E-state index contributed by atoms with van der Waals surface area (Å²) in [5.41, 5.74) is 5.75. The second-order valence-corrected chi connectivity index (χ2v) is 9.62. The molecule has 2 atom stereocenters. The number of likely N-dealkylation sites (tertiary alicyclic amines) is 1. The number of nitrogens with one attached hydrogen (secondary N) is 1. The van der Waals surface area contributed by atoms with E-state index < -0.39 is 30.1 Å². The average molecular weight is 544 g/mol. The van der Waals surface area contributed by atoms with Gasteiger partial charge in [-0.05, 0) is 31.9 Å². The Morgan fingerprint density at radius 3 is 2.77 bits per heavy atom. The van der Waals surface area contributed by atoms with Gasteiger partial charge in [0, 0.05) is 24.5 Å². The molecule has 0 radical (unpaired) electrons. The van der Waals surface area contributed by atoms with E-state index in [1.54, 1.807) is 36.1 Å². The van der Waals surface area contributed by atoms with E-state index in [9.17, 15) is 19.6 Å². The first-order valence-corrected chi connectivity index (χ1v) is 12.9. The normalized spacial score (nSPS) is 18.4. The second-order valence-electron chi connectivity index (χ2n) is 9.62. The highest BCUT2D eigenvalue weighted by Crippen LogP contribution is 2.32. The maximum Gasteiger partial charge on any atom is 0.333 e. The van der Waals surface area contributed by atoms with Crippen molar-refractivity contribution < 1.29 is 9.53 Å². The Hall–Kier alpha value is -4.72. The minimum absolute atomic E-state index is 0.0355. The van der Waals surface area contributed by atoms with E-state index in [4.69, 9.17) is 10.5 Å². The zero-order valence-corrected chi connectivity index (χ0v) is 22.3. The van der Waals surface area contributed by atoms with E-state index >= 15 is 0 Å². The van der Waals surface area contributed by atoms with Crippen LogP contribution in [0.3, 0.4) is 0 Å². The first-order chi connectivity index (χ1) is 19.4. The van der Waals surface area contributed by atoms with Gasteiger partial charge >= 0.3 is 11.7 Å². The van der Waals surface area contributed by atoms with Crippen molar-refractivity contribution in [1.29, 1.82) is 5.26 Å². The van der Waals surface area contributed by atoms with Crippen LogP contribution in [0.5, 0.6) is 0 Å². The molecule has 3 aromatic rings. The molecule has 13 nitrogen and oxygen atoms in total. The summed E-state index contributed by atoms with van der Waals surface area (Å²) in [6.45, 7) is 2.48. The molecule has 1 aromatic carbocycles. The van der Waals surface area contributed by atoms with Crippen molar-refractivity contribution in [3.05, 3.63) is 56.6 Å². The summed E-state index contributed by atoms with van der Waals surface area (Å²) < 4.78 is 7.01. The Kier molecular flexibility index (Phi) is 7.51. The van der Waals surface area contributed by atoms with Gasteiger partial charge in [-0.1, -0.05) is 18.1 Å². The molecule has 206 valence electrons. The summed E-state index contributed by atoms with van der Waals surface area (Å²) in [5.74, 6) is 5.54. The van der Waals surface area contributed by atoms with Gasteiger partial charge in [-0.2, -0.15) is 5.26 Å². The number of ether oxygens (including phenoxy) is 1. The molecule has 4 heterocycles. The summed E-state index contributed by atoms with van der Waals surface area (Å²) in [5, 5.41) is 13.5. The maximum absolute atomic E-state index is 14.0. The molecule has 1 fully saturated rings. The van der Waals surface area contributed by atoms with Crippen LogP contribution in [0.15, 0.2) is 33.9 Å². The molecule has 13 heteroatoms. The van der Waals surface area contributed by atoms with Crippen molar-refractivity contribution in [3.63, 3.8) is 0 Å². The van der Waals surface area contributed by atoms with Crippen molar-refractivity contribution >= 4 is 28.4 Å². The molecular weight excluding hydrogens is 514 g/mol. The fourth-order valence-corrected chi connectivity index (χ4v) is 5.20. The van der Waals surface area contributed by atoms with Crippen LogP contribution >= 0.6 is 0 Å². The van der Waals surface area contributed by atoms with Crippen LogP contribution in [0.1, 0.15) is 31.3 Å². The van der Waals surface area contributed by atoms with Crippen LogP contribution < -0.4 is 27.2 Å². The molecule has 3 N–H and O–H groups in total. The number of nitriles is 1. The van der Waals surface area contributed by atoms with Crippen molar-refractivity contribution in [3.8, 4) is 17.9 Å². The number of para-hydroxylation sites is 1. The van der Waals surface area contributed by atoms with Crippen LogP contribution in [0.4, 0.5) is 11.5 Å². The van der Waals surface area contributed by atoms with Gasteiger partial charge in [-0.25, -0.2) is 14.8 Å². The Morgan fingerprint density at radius 2 is 2.05 bits per heavy atom. The molecule has 2 aromatic heterocycles. The number of carbonyl (C=O) groups excluding carboxylic acids is 1. The van der Waals surface area contributed by atoms with Crippen LogP contribution in [0, 0.1) is 23.2 Å². The lowest BCUT2D eigenvalue weighted by Gasteiger charge is -2.39. The number of piperidine rings is 1. The number of aromatic nitrogens is 4. The molecule has 0 saturated carbocycles. The number of rotatable bonds is 6. The molecule has 2 aliphatic rings. The fourth-order valence-electron chi connectivity index (χ4n) is 5.20. The van der Waals surface area contributed by atoms with Gasteiger partial charge in [0.1, 0.15) is 24.1 Å². The predicted octanol–water partition coefficient (Wildman–Crippen LogP) is 0.00808. The smallest absolute Gasteiger partial charge is 0.333 e. The molecule has 0 aliphatic carbocycles. The first kappa shape index (κ1) is 26.9. The third-order valence-corrected chi connectivity index (χ3v) is 7.08. The summed E-state index contributed by atoms with van der Waals surface area (Å²) in [4.78, 5) is 52.9. The summed E-state index contributed by atoms with van der Waals surface area (Å²) in [6.07, 6.45) is 1.26. The molecule has 0 amide bonds. The molecular formula is C27H29N9O4. The van der Waals surface area contributed by atoms with Gasteiger partial charge in [0.15, 0.2) is 17.8 Å². The summed E-state index contributed by atoms with van der Waals surface area (Å²) in [7, 11) is 1.23. The van der Waals surface area contributed by atoms with Crippen LogP contribution in [0.25, 0.3) is 10.9 Å². The predicted molar refractivity (Wildman–Crippen MR) is 147 cm³/mol. The zero-order valence-electron chi connectivity index (χ0n) is 22.3. The fraction of sp³-hybridized carbons (Fsp3) is 0.407. The lowest BCUT2D eigenvalue weighted by atomic mass is 10.1. The quantitative estimate of drug-likeness (QED) is 0.318. The first-order valence-electron chi connectivity index (χ1n) is 12.9. The number of methoxy groups -OCH3 is 1. The number of nitrogens with zero attached hydrogens (tertiary/aromatic N) is 7. The highest BCUT2D eigenvalue weighted by molar-refractivity contribution is 5.83. The third-order valence-electron chi connectivity index (χ3n) is 7.08. The number of hydrogen-bond acceptors (Lipinski definition) is 11. The monoisotopic (exact) mass is 543 g/mol. The number of nitrogens with two attached hydrogens (primary N) is 1. The van der Waals surface area contributed by atoms with E-state index in [1.165, 1.54) is 11.7 Å². The highest BCUT2D eigenvalue weighted by atomic mass is 16.5. The van der Waals surface area contributed by atoms with Gasteiger partial charge in [0.25, 0.3) is 5.56 Å². The Morgan fingerprint density at radius 1 is 1.25 bits per heavy atom. The van der Waals surface area contributed by atoms with E-state index in [-0.39, 0.29) is 42.2 Å². The molecule has 5 rings (SSSR count). The minimum atomic E-state index is -0.741. The molecule has 2 unspecified atom stereocenters. The van der Waals surface area contributed by atoms with Crippen molar-refractivity contribution in [2.75, 3.05) is 37.0 Å². The number of hydrogen-bond donors (Lipinski definition) is 2. The minimum Gasteiger partial charge on any atom is -0.468 e. The van der Waals surface area contributed by atoms with Gasteiger partial charge in [0.2, 0.25) is 0 Å². The number of esters is 1. The number of carbonyl (C=O) groups is 1. The van der Waals surface area contributed by atoms with E-state index in [0.29, 0.717) is 17.4 Å². The van der Waals surface area contributed by atoms with Crippen molar-refractivity contribution in [2.45, 2.75) is 45.2 Å². The van der Waals surface area contributed by atoms with Crippen molar-refractivity contribution in [1.82, 2.24) is 24.0 Å². The second kappa shape index (κ2) is 11.2. The Balaban J connectivity index is 1.67. The average Bonchev–Trinajstić information content (AvgIpc) is 3.35. The van der Waals surface area contributed by atoms with Gasteiger partial charge < -0.3 is 20.7 Å². The van der Waals surface area contributed by atoms with Crippen LogP contribution in [-0.4, -0.2) is 69.0 Å². The lowest BCUT2D eigenvalue weighted by Crippen LogP contribution is -2.56. The summed E-state index contributed by atoms with van der Waals surface area (Å²) in [6, 6.07) is 9.02. The molecule has 40 heavy (non-hydrogen) atoms. The SMILES string of the molecule is CC#CCN1c2c(n(CC(=O)OC)c(=O)n(Cc3nc(C#N)c4ccccc4n3)c2=O)NC1N1CCCC(N)C1. The number of anilines is 2. The number of fused-ring (bicyclic) bond motifs is 2. The van der Waals surface area contributed by atoms with Crippen molar-refractivity contribution in [2.24, 2.45) is 5.73 Å². The molecule has 0 spiro atoms. The maximum atomic E-state index is 14.0. The highest BCUT2D eigenvalue weighted by Gasteiger charge is 2.40. The van der Waals surface area contributed by atoms with Gasteiger partial charge in [-0.15, -0.1) is 5.92 Å². The largest absolute Gasteiger partial charge is 0.468 e.